The number of carbonyl (C=O) groups is 1. The van der Waals surface area contributed by atoms with Gasteiger partial charge in [-0.3, -0.25) is 9.89 Å². The molecule has 1 aliphatic heterocycles. The Labute approximate surface area is 108 Å². The molecule has 2 atom stereocenters. The smallest absolute Gasteiger partial charge is 0.276 e. The Balaban J connectivity index is 2.21. The molecule has 2 rings (SSSR count). The lowest BCUT2D eigenvalue weighted by Gasteiger charge is -2.36. The number of amides is 1. The average Bonchev–Trinajstić information content (AvgIpc) is 2.72. The first kappa shape index (κ1) is 12.9. The number of carbonyl (C=O) groups excluding carboxylic acids is 1. The lowest BCUT2D eigenvalue weighted by Crippen LogP contribution is -2.45. The predicted octanol–water partition coefficient (Wildman–Crippen LogP) is 1.81. The quantitative estimate of drug-likeness (QED) is 0.840. The van der Waals surface area contributed by atoms with Gasteiger partial charge in [-0.05, 0) is 32.1 Å². The van der Waals surface area contributed by atoms with Gasteiger partial charge in [-0.15, -0.1) is 0 Å². The number of hydrogen-bond acceptors (Lipinski definition) is 3. The zero-order chi connectivity index (χ0) is 13.3. The van der Waals surface area contributed by atoms with Gasteiger partial charge in [0, 0.05) is 12.6 Å². The number of nitrogens with two attached hydrogens (primary N) is 1. The minimum Gasteiger partial charge on any atom is -0.395 e. The van der Waals surface area contributed by atoms with Crippen molar-refractivity contribution in [2.45, 2.75) is 46.1 Å². The summed E-state index contributed by atoms with van der Waals surface area (Å²) in [6.07, 6.45) is 3.00. The minimum atomic E-state index is -0.0394. The normalized spacial score (nSPS) is 24.3. The van der Waals surface area contributed by atoms with Crippen LogP contribution >= 0.6 is 0 Å². The van der Waals surface area contributed by atoms with Gasteiger partial charge in [-0.1, -0.05) is 13.8 Å². The lowest BCUT2D eigenvalue weighted by atomic mass is 9.94. The molecule has 5 nitrogen and oxygen atoms in total. The van der Waals surface area contributed by atoms with Crippen molar-refractivity contribution in [3.63, 3.8) is 0 Å². The molecule has 0 aromatic carbocycles. The largest absolute Gasteiger partial charge is 0.395 e. The molecule has 1 aliphatic rings. The molecule has 100 valence electrons. The van der Waals surface area contributed by atoms with Crippen LogP contribution in [0.25, 0.3) is 0 Å². The number of aromatic nitrogens is 2. The Kier molecular flexibility index (Phi) is 3.59. The number of aryl methyl sites for hydroxylation is 1. The van der Waals surface area contributed by atoms with E-state index in [1.54, 1.807) is 0 Å². The molecule has 0 saturated carbocycles. The lowest BCUT2D eigenvalue weighted by molar-refractivity contribution is 0.0569. The van der Waals surface area contributed by atoms with E-state index in [0.29, 0.717) is 17.3 Å². The fraction of sp³-hybridized carbons (Fsp3) is 0.692. The zero-order valence-electron chi connectivity index (χ0n) is 11.4. The molecule has 0 spiro atoms. The molecule has 2 heterocycles. The van der Waals surface area contributed by atoms with E-state index in [1.807, 2.05) is 11.8 Å². The van der Waals surface area contributed by atoms with Gasteiger partial charge < -0.3 is 10.6 Å². The van der Waals surface area contributed by atoms with Gasteiger partial charge in [0.15, 0.2) is 5.69 Å². The van der Waals surface area contributed by atoms with Crippen molar-refractivity contribution < 1.29 is 4.79 Å². The van der Waals surface area contributed by atoms with Crippen molar-refractivity contribution >= 4 is 11.6 Å². The van der Waals surface area contributed by atoms with E-state index in [9.17, 15) is 4.79 Å². The second-order valence-corrected chi connectivity index (χ2v) is 5.31. The molecule has 1 aromatic rings. The van der Waals surface area contributed by atoms with Crippen molar-refractivity contribution in [1.29, 1.82) is 0 Å². The number of likely N-dealkylation sites (tertiary alicyclic amines) is 1. The molecule has 1 fully saturated rings. The summed E-state index contributed by atoms with van der Waals surface area (Å²) in [6, 6.07) is 0.273. The van der Waals surface area contributed by atoms with E-state index < -0.39 is 0 Å². The van der Waals surface area contributed by atoms with Gasteiger partial charge in [-0.2, -0.15) is 5.10 Å². The topological polar surface area (TPSA) is 75.0 Å². The highest BCUT2D eigenvalue weighted by atomic mass is 16.2. The number of piperidine rings is 1. The van der Waals surface area contributed by atoms with Crippen LogP contribution in [-0.4, -0.2) is 33.6 Å². The molecule has 2 unspecified atom stereocenters. The first-order chi connectivity index (χ1) is 8.54. The molecule has 5 heteroatoms. The molecule has 18 heavy (non-hydrogen) atoms. The Morgan fingerprint density at radius 3 is 2.83 bits per heavy atom. The Bertz CT molecular complexity index is 440. The molecule has 1 aromatic heterocycles. The Hall–Kier alpha value is -1.52. The highest BCUT2D eigenvalue weighted by Gasteiger charge is 2.30. The fourth-order valence-corrected chi connectivity index (χ4v) is 2.53. The van der Waals surface area contributed by atoms with Crippen LogP contribution in [0.4, 0.5) is 5.69 Å². The summed E-state index contributed by atoms with van der Waals surface area (Å²) in [7, 11) is 0. The van der Waals surface area contributed by atoms with Crippen molar-refractivity contribution in [3.05, 3.63) is 11.4 Å². The SMILES string of the molecule is CCc1[nH]nc(C(=O)N2CC(C)CCC2C)c1N. The molecular weight excluding hydrogens is 228 g/mol. The maximum Gasteiger partial charge on any atom is 0.276 e. The first-order valence-electron chi connectivity index (χ1n) is 6.68. The molecule has 1 saturated heterocycles. The van der Waals surface area contributed by atoms with Gasteiger partial charge in [0.05, 0.1) is 11.4 Å². The van der Waals surface area contributed by atoms with E-state index >= 15 is 0 Å². The van der Waals surface area contributed by atoms with Crippen LogP contribution in [0.5, 0.6) is 0 Å². The van der Waals surface area contributed by atoms with E-state index in [0.717, 1.165) is 25.1 Å². The number of nitrogens with one attached hydrogen (secondary N) is 1. The maximum absolute atomic E-state index is 12.5. The fourth-order valence-electron chi connectivity index (χ4n) is 2.53. The maximum atomic E-state index is 12.5. The van der Waals surface area contributed by atoms with Gasteiger partial charge in [0.2, 0.25) is 0 Å². The van der Waals surface area contributed by atoms with Crippen LogP contribution in [0.2, 0.25) is 0 Å². The molecule has 0 aliphatic carbocycles. The summed E-state index contributed by atoms with van der Waals surface area (Å²) in [4.78, 5) is 14.4. The standard InChI is InChI=1S/C13H22N4O/c1-4-10-11(14)12(16-15-10)13(18)17-7-8(2)5-6-9(17)3/h8-9H,4-7,14H2,1-3H3,(H,15,16). The van der Waals surface area contributed by atoms with Crippen LogP contribution in [-0.2, 0) is 6.42 Å². The highest BCUT2D eigenvalue weighted by Crippen LogP contribution is 2.25. The van der Waals surface area contributed by atoms with Crippen LogP contribution < -0.4 is 5.73 Å². The van der Waals surface area contributed by atoms with E-state index in [-0.39, 0.29) is 11.9 Å². The van der Waals surface area contributed by atoms with Crippen molar-refractivity contribution in [3.8, 4) is 0 Å². The third kappa shape index (κ3) is 2.21. The molecule has 0 bridgehead atoms. The molecule has 3 N–H and O–H groups in total. The monoisotopic (exact) mass is 250 g/mol. The van der Waals surface area contributed by atoms with Gasteiger partial charge in [0.1, 0.15) is 0 Å². The van der Waals surface area contributed by atoms with E-state index in [4.69, 9.17) is 5.73 Å². The molecule has 1 amide bonds. The highest BCUT2D eigenvalue weighted by molar-refractivity contribution is 5.97. The predicted molar refractivity (Wildman–Crippen MR) is 71.3 cm³/mol. The van der Waals surface area contributed by atoms with E-state index in [2.05, 4.69) is 24.0 Å². The van der Waals surface area contributed by atoms with Crippen molar-refractivity contribution in [1.82, 2.24) is 15.1 Å². The van der Waals surface area contributed by atoms with Gasteiger partial charge in [-0.25, -0.2) is 0 Å². The first-order valence-corrected chi connectivity index (χ1v) is 6.68. The van der Waals surface area contributed by atoms with Crippen LogP contribution in [0.3, 0.4) is 0 Å². The number of anilines is 1. The van der Waals surface area contributed by atoms with Crippen LogP contribution in [0, 0.1) is 5.92 Å². The summed E-state index contributed by atoms with van der Waals surface area (Å²) in [6.45, 7) is 7.06. The summed E-state index contributed by atoms with van der Waals surface area (Å²) in [5.74, 6) is 0.512. The average molecular weight is 250 g/mol. The second-order valence-electron chi connectivity index (χ2n) is 5.31. The molecular formula is C13H22N4O. The van der Waals surface area contributed by atoms with Crippen molar-refractivity contribution in [2.24, 2.45) is 5.92 Å². The number of hydrogen-bond donors (Lipinski definition) is 2. The van der Waals surface area contributed by atoms with Gasteiger partial charge >= 0.3 is 0 Å². The minimum absolute atomic E-state index is 0.0394. The molecule has 0 radical (unpaired) electrons. The Morgan fingerprint density at radius 1 is 1.50 bits per heavy atom. The third-order valence-electron chi connectivity index (χ3n) is 3.82. The number of H-pyrrole nitrogens is 1. The summed E-state index contributed by atoms with van der Waals surface area (Å²) in [5, 5.41) is 6.93. The summed E-state index contributed by atoms with van der Waals surface area (Å²) in [5.41, 5.74) is 7.69. The number of rotatable bonds is 2. The number of nitrogens with zero attached hydrogens (tertiary/aromatic N) is 2. The Morgan fingerprint density at radius 2 is 2.22 bits per heavy atom. The summed E-state index contributed by atoms with van der Waals surface area (Å²) < 4.78 is 0. The van der Waals surface area contributed by atoms with Crippen molar-refractivity contribution in [2.75, 3.05) is 12.3 Å². The van der Waals surface area contributed by atoms with Crippen LogP contribution in [0.15, 0.2) is 0 Å². The zero-order valence-corrected chi connectivity index (χ0v) is 11.4. The van der Waals surface area contributed by atoms with Gasteiger partial charge in [0.25, 0.3) is 5.91 Å². The number of nitrogen functional groups attached to an aromatic ring is 1. The summed E-state index contributed by atoms with van der Waals surface area (Å²) >= 11 is 0. The van der Waals surface area contributed by atoms with E-state index in [1.165, 1.54) is 6.42 Å². The van der Waals surface area contributed by atoms with Crippen LogP contribution in [0.1, 0.15) is 49.8 Å². The third-order valence-corrected chi connectivity index (χ3v) is 3.82. The second kappa shape index (κ2) is 5.00. The number of aromatic amines is 1.